The standard InChI is InChI=1S/C16H15F6N3O/c17-15(18,19)14(16(20,21)22)6-7-25(10-14)9-13-24-23-12(26-13)8-11-4-2-1-3-5-11/h1-5H,6-10H2. The van der Waals surface area contributed by atoms with Gasteiger partial charge in [0.15, 0.2) is 5.41 Å². The second-order valence-corrected chi connectivity index (χ2v) is 6.29. The molecule has 0 spiro atoms. The van der Waals surface area contributed by atoms with Crippen molar-refractivity contribution in [2.75, 3.05) is 13.1 Å². The minimum Gasteiger partial charge on any atom is -0.424 e. The van der Waals surface area contributed by atoms with Crippen LogP contribution in [0.1, 0.15) is 23.8 Å². The van der Waals surface area contributed by atoms with E-state index in [4.69, 9.17) is 4.42 Å². The van der Waals surface area contributed by atoms with Crippen LogP contribution in [0.3, 0.4) is 0 Å². The molecule has 2 heterocycles. The summed E-state index contributed by atoms with van der Waals surface area (Å²) in [6, 6.07) is 9.16. The predicted molar refractivity (Wildman–Crippen MR) is 78.0 cm³/mol. The first-order chi connectivity index (χ1) is 12.1. The van der Waals surface area contributed by atoms with E-state index in [-0.39, 0.29) is 24.9 Å². The number of nitrogens with zero attached hydrogens (tertiary/aromatic N) is 3. The van der Waals surface area contributed by atoms with E-state index in [2.05, 4.69) is 10.2 Å². The molecular weight excluding hydrogens is 364 g/mol. The van der Waals surface area contributed by atoms with Crippen LogP contribution in [0, 0.1) is 5.41 Å². The summed E-state index contributed by atoms with van der Waals surface area (Å²) in [5.41, 5.74) is -2.82. The van der Waals surface area contributed by atoms with Crippen LogP contribution in [0.25, 0.3) is 0 Å². The summed E-state index contributed by atoms with van der Waals surface area (Å²) in [6.07, 6.45) is -11.4. The monoisotopic (exact) mass is 379 g/mol. The predicted octanol–water partition coefficient (Wildman–Crippen LogP) is 3.98. The second-order valence-electron chi connectivity index (χ2n) is 6.29. The van der Waals surface area contributed by atoms with Crippen molar-refractivity contribution < 1.29 is 30.8 Å². The van der Waals surface area contributed by atoms with E-state index in [0.717, 1.165) is 10.5 Å². The molecule has 2 aromatic rings. The topological polar surface area (TPSA) is 42.2 Å². The highest BCUT2D eigenvalue weighted by atomic mass is 19.4. The normalized spacial score (nSPS) is 18.4. The van der Waals surface area contributed by atoms with Gasteiger partial charge in [-0.05, 0) is 18.5 Å². The highest BCUT2D eigenvalue weighted by Crippen LogP contribution is 2.55. The van der Waals surface area contributed by atoms with Crippen LogP contribution in [0.4, 0.5) is 26.3 Å². The Hall–Kier alpha value is -2.10. The van der Waals surface area contributed by atoms with Gasteiger partial charge in [0.25, 0.3) is 0 Å². The van der Waals surface area contributed by atoms with Crippen LogP contribution in [0.5, 0.6) is 0 Å². The van der Waals surface area contributed by atoms with Gasteiger partial charge in [-0.3, -0.25) is 4.90 Å². The molecule has 3 rings (SSSR count). The molecule has 0 radical (unpaired) electrons. The molecular formula is C16H15F6N3O. The average Bonchev–Trinajstić information content (AvgIpc) is 3.15. The van der Waals surface area contributed by atoms with Gasteiger partial charge in [-0.1, -0.05) is 30.3 Å². The first-order valence-corrected chi connectivity index (χ1v) is 7.82. The maximum Gasteiger partial charge on any atom is 0.404 e. The molecule has 0 N–H and O–H groups in total. The molecule has 26 heavy (non-hydrogen) atoms. The molecule has 1 saturated heterocycles. The van der Waals surface area contributed by atoms with E-state index in [1.165, 1.54) is 0 Å². The lowest BCUT2D eigenvalue weighted by Crippen LogP contribution is -2.51. The van der Waals surface area contributed by atoms with E-state index in [1.54, 1.807) is 0 Å². The number of halogens is 6. The van der Waals surface area contributed by atoms with Crippen molar-refractivity contribution in [3.05, 3.63) is 47.7 Å². The molecule has 0 amide bonds. The highest BCUT2D eigenvalue weighted by Gasteiger charge is 2.72. The van der Waals surface area contributed by atoms with E-state index in [9.17, 15) is 26.3 Å². The SMILES string of the molecule is FC(F)(F)C1(C(F)(F)F)CCN(Cc2nnc(Cc3ccccc3)o2)C1. The van der Waals surface area contributed by atoms with Crippen LogP contribution in [-0.4, -0.2) is 40.5 Å². The maximum absolute atomic E-state index is 13.1. The van der Waals surface area contributed by atoms with Gasteiger partial charge in [-0.15, -0.1) is 10.2 Å². The van der Waals surface area contributed by atoms with E-state index in [1.807, 2.05) is 30.3 Å². The van der Waals surface area contributed by atoms with E-state index < -0.39 is 30.7 Å². The Morgan fingerprint density at radius 2 is 1.58 bits per heavy atom. The minimum absolute atomic E-state index is 0.00363. The summed E-state index contributed by atoms with van der Waals surface area (Å²) < 4.78 is 83.8. The molecule has 10 heteroatoms. The Balaban J connectivity index is 1.67. The van der Waals surface area contributed by atoms with Crippen molar-refractivity contribution in [1.29, 1.82) is 0 Å². The Labute approximate surface area is 144 Å². The molecule has 0 bridgehead atoms. The first-order valence-electron chi connectivity index (χ1n) is 7.82. The number of hydrogen-bond acceptors (Lipinski definition) is 4. The quantitative estimate of drug-likeness (QED) is 0.754. The average molecular weight is 379 g/mol. The van der Waals surface area contributed by atoms with Crippen molar-refractivity contribution in [2.45, 2.75) is 31.7 Å². The van der Waals surface area contributed by atoms with Crippen LogP contribution >= 0.6 is 0 Å². The van der Waals surface area contributed by atoms with Gasteiger partial charge < -0.3 is 4.42 Å². The summed E-state index contributed by atoms with van der Waals surface area (Å²) in [5.74, 6) is 0.249. The smallest absolute Gasteiger partial charge is 0.404 e. The zero-order valence-electron chi connectivity index (χ0n) is 13.4. The van der Waals surface area contributed by atoms with Crippen LogP contribution in [0.2, 0.25) is 0 Å². The van der Waals surface area contributed by atoms with Crippen LogP contribution < -0.4 is 0 Å². The third-order valence-corrected chi connectivity index (χ3v) is 4.50. The fourth-order valence-electron chi connectivity index (χ4n) is 3.03. The van der Waals surface area contributed by atoms with Gasteiger partial charge >= 0.3 is 12.4 Å². The third-order valence-electron chi connectivity index (χ3n) is 4.50. The van der Waals surface area contributed by atoms with Crippen molar-refractivity contribution in [3.63, 3.8) is 0 Å². The molecule has 0 aliphatic carbocycles. The molecule has 1 aromatic heterocycles. The number of hydrogen-bond donors (Lipinski definition) is 0. The van der Waals surface area contributed by atoms with Gasteiger partial charge in [0.05, 0.1) is 13.0 Å². The molecule has 1 aliphatic rings. The van der Waals surface area contributed by atoms with E-state index >= 15 is 0 Å². The van der Waals surface area contributed by atoms with Gasteiger partial charge in [-0.25, -0.2) is 0 Å². The number of rotatable bonds is 4. The van der Waals surface area contributed by atoms with Crippen LogP contribution in [0.15, 0.2) is 34.7 Å². The zero-order valence-corrected chi connectivity index (χ0v) is 13.4. The molecule has 4 nitrogen and oxygen atoms in total. The summed E-state index contributed by atoms with van der Waals surface area (Å²) in [4.78, 5) is 1.04. The Kier molecular flexibility index (Phi) is 4.72. The molecule has 0 atom stereocenters. The zero-order chi connectivity index (χ0) is 19.0. The summed E-state index contributed by atoms with van der Waals surface area (Å²) in [7, 11) is 0. The van der Waals surface area contributed by atoms with Crippen molar-refractivity contribution >= 4 is 0 Å². The largest absolute Gasteiger partial charge is 0.424 e. The highest BCUT2D eigenvalue weighted by molar-refractivity contribution is 5.17. The van der Waals surface area contributed by atoms with Crippen molar-refractivity contribution in [1.82, 2.24) is 15.1 Å². The lowest BCUT2D eigenvalue weighted by molar-refractivity contribution is -0.335. The first kappa shape index (κ1) is 18.7. The van der Waals surface area contributed by atoms with Gasteiger partial charge in [0.1, 0.15) is 0 Å². The maximum atomic E-state index is 13.1. The Bertz CT molecular complexity index is 726. The Morgan fingerprint density at radius 1 is 0.962 bits per heavy atom. The summed E-state index contributed by atoms with van der Waals surface area (Å²) in [5, 5.41) is 7.53. The second kappa shape index (κ2) is 6.57. The number of likely N-dealkylation sites (tertiary alicyclic amines) is 1. The molecule has 142 valence electrons. The molecule has 1 fully saturated rings. The van der Waals surface area contributed by atoms with Crippen molar-refractivity contribution in [2.24, 2.45) is 5.41 Å². The van der Waals surface area contributed by atoms with Gasteiger partial charge in [0.2, 0.25) is 11.8 Å². The molecule has 1 aromatic carbocycles. The molecule has 0 unspecified atom stereocenters. The lowest BCUT2D eigenvalue weighted by Gasteiger charge is -2.33. The van der Waals surface area contributed by atoms with Gasteiger partial charge in [-0.2, -0.15) is 26.3 Å². The number of aromatic nitrogens is 2. The lowest BCUT2D eigenvalue weighted by atomic mass is 9.85. The minimum atomic E-state index is -5.37. The summed E-state index contributed by atoms with van der Waals surface area (Å²) in [6.45, 7) is -1.78. The summed E-state index contributed by atoms with van der Waals surface area (Å²) >= 11 is 0. The Morgan fingerprint density at radius 3 is 2.15 bits per heavy atom. The number of benzene rings is 1. The molecule has 1 aliphatic heterocycles. The van der Waals surface area contributed by atoms with E-state index in [0.29, 0.717) is 6.42 Å². The third kappa shape index (κ3) is 3.55. The molecule has 0 saturated carbocycles. The van der Waals surface area contributed by atoms with Gasteiger partial charge in [0, 0.05) is 6.54 Å². The fourth-order valence-corrected chi connectivity index (χ4v) is 3.03. The number of alkyl halides is 6. The van der Waals surface area contributed by atoms with Crippen LogP contribution in [-0.2, 0) is 13.0 Å². The fraction of sp³-hybridized carbons (Fsp3) is 0.500. The van der Waals surface area contributed by atoms with Crippen molar-refractivity contribution in [3.8, 4) is 0 Å².